The molecule has 1 unspecified atom stereocenters. The summed E-state index contributed by atoms with van der Waals surface area (Å²) < 4.78 is 45.6. The van der Waals surface area contributed by atoms with Crippen LogP contribution in [0.15, 0.2) is 65.6 Å². The molecule has 0 radical (unpaired) electrons. The van der Waals surface area contributed by atoms with Gasteiger partial charge in [-0.15, -0.1) is 0 Å². The number of hydrogen-bond acceptors (Lipinski definition) is 4. The van der Waals surface area contributed by atoms with E-state index in [4.69, 9.17) is 9.84 Å². The number of rotatable bonds is 6. The molecule has 0 bridgehead atoms. The topological polar surface area (TPSA) is 80.7 Å². The van der Waals surface area contributed by atoms with Crippen LogP contribution < -0.4 is 4.74 Å². The standard InChI is InChI=1S/C22H16F2O5S/c1-13-2-9-20(29-12-21(25)26)18(10-13)17-8-7-16(11-19(17)24)30(28)22(27)14-3-5-15(23)6-4-14/h2-11H,12H2,1H3,(H,25,26). The number of carbonyl (C=O) groups is 2. The van der Waals surface area contributed by atoms with Gasteiger partial charge in [-0.05, 0) is 55.5 Å². The second-order valence-corrected chi connectivity index (χ2v) is 7.77. The molecular formula is C22H16F2O5S. The molecule has 0 aliphatic heterocycles. The molecule has 0 heterocycles. The SMILES string of the molecule is Cc1ccc(OCC(=O)O)c(-c2ccc(S(=O)C(=O)c3ccc(F)cc3)cc2F)c1. The van der Waals surface area contributed by atoms with E-state index in [1.54, 1.807) is 19.1 Å². The van der Waals surface area contributed by atoms with Gasteiger partial charge in [0.1, 0.15) is 28.2 Å². The smallest absolute Gasteiger partial charge is 0.341 e. The van der Waals surface area contributed by atoms with Crippen LogP contribution in [0.25, 0.3) is 11.1 Å². The summed E-state index contributed by atoms with van der Waals surface area (Å²) in [5.41, 5.74) is 1.28. The van der Waals surface area contributed by atoms with Crippen LogP contribution in [0.2, 0.25) is 0 Å². The molecule has 0 amide bonds. The van der Waals surface area contributed by atoms with E-state index < -0.39 is 40.1 Å². The molecule has 1 atom stereocenters. The van der Waals surface area contributed by atoms with Crippen molar-refractivity contribution in [3.8, 4) is 16.9 Å². The normalized spacial score (nSPS) is 11.7. The van der Waals surface area contributed by atoms with Gasteiger partial charge in [0, 0.05) is 16.7 Å². The van der Waals surface area contributed by atoms with Crippen LogP contribution >= 0.6 is 0 Å². The summed E-state index contributed by atoms with van der Waals surface area (Å²) >= 11 is 0. The molecule has 3 aromatic rings. The number of carboxylic acid groups (broad SMARTS) is 1. The Labute approximate surface area is 173 Å². The van der Waals surface area contributed by atoms with Crippen LogP contribution in [-0.2, 0) is 15.6 Å². The van der Waals surface area contributed by atoms with Gasteiger partial charge in [-0.1, -0.05) is 17.7 Å². The van der Waals surface area contributed by atoms with Crippen molar-refractivity contribution in [1.82, 2.24) is 0 Å². The van der Waals surface area contributed by atoms with Crippen molar-refractivity contribution in [3.63, 3.8) is 0 Å². The van der Waals surface area contributed by atoms with E-state index in [1.165, 1.54) is 30.3 Å². The summed E-state index contributed by atoms with van der Waals surface area (Å²) in [6.45, 7) is 1.19. The maximum absolute atomic E-state index is 14.9. The molecule has 0 saturated heterocycles. The van der Waals surface area contributed by atoms with E-state index in [2.05, 4.69) is 0 Å². The Morgan fingerprint density at radius 1 is 0.967 bits per heavy atom. The predicted octanol–water partition coefficient (Wildman–Crippen LogP) is 4.35. The van der Waals surface area contributed by atoms with Crippen molar-refractivity contribution in [3.05, 3.63) is 83.4 Å². The van der Waals surface area contributed by atoms with E-state index in [0.29, 0.717) is 5.56 Å². The molecule has 0 spiro atoms. The molecule has 1 N–H and O–H groups in total. The molecule has 0 aliphatic carbocycles. The third-order valence-corrected chi connectivity index (χ3v) is 5.43. The van der Waals surface area contributed by atoms with Gasteiger partial charge in [0.2, 0.25) is 0 Å². The van der Waals surface area contributed by atoms with Crippen LogP contribution in [0.1, 0.15) is 15.9 Å². The van der Waals surface area contributed by atoms with Gasteiger partial charge < -0.3 is 9.84 Å². The number of benzene rings is 3. The third-order valence-electron chi connectivity index (χ3n) is 4.18. The Morgan fingerprint density at radius 3 is 2.30 bits per heavy atom. The Morgan fingerprint density at radius 2 is 1.67 bits per heavy atom. The van der Waals surface area contributed by atoms with E-state index in [-0.39, 0.29) is 21.8 Å². The summed E-state index contributed by atoms with van der Waals surface area (Å²) in [5.74, 6) is -2.28. The lowest BCUT2D eigenvalue weighted by Gasteiger charge is -2.13. The van der Waals surface area contributed by atoms with E-state index >= 15 is 0 Å². The van der Waals surface area contributed by atoms with E-state index in [9.17, 15) is 22.6 Å². The van der Waals surface area contributed by atoms with Gasteiger partial charge in [0.15, 0.2) is 6.61 Å². The summed E-state index contributed by atoms with van der Waals surface area (Å²) in [6, 6.07) is 13.1. The number of carboxylic acids is 1. The van der Waals surface area contributed by atoms with Crippen molar-refractivity contribution in [2.24, 2.45) is 0 Å². The first kappa shape index (κ1) is 21.3. The minimum absolute atomic E-state index is 0.0438. The van der Waals surface area contributed by atoms with Gasteiger partial charge in [0.25, 0.3) is 5.12 Å². The van der Waals surface area contributed by atoms with E-state index in [1.807, 2.05) is 0 Å². The van der Waals surface area contributed by atoms with Crippen molar-refractivity contribution < 1.29 is 32.4 Å². The van der Waals surface area contributed by atoms with Gasteiger partial charge in [0.05, 0.1) is 4.90 Å². The van der Waals surface area contributed by atoms with Gasteiger partial charge in [-0.3, -0.25) is 4.79 Å². The zero-order valence-corrected chi connectivity index (χ0v) is 16.5. The molecule has 30 heavy (non-hydrogen) atoms. The second-order valence-electron chi connectivity index (χ2n) is 6.39. The minimum Gasteiger partial charge on any atom is -0.481 e. The lowest BCUT2D eigenvalue weighted by Crippen LogP contribution is -2.10. The molecule has 0 saturated carbocycles. The highest BCUT2D eigenvalue weighted by atomic mass is 32.2. The first-order chi connectivity index (χ1) is 14.3. The molecule has 0 aromatic heterocycles. The predicted molar refractivity (Wildman–Crippen MR) is 107 cm³/mol. The van der Waals surface area contributed by atoms with Crippen molar-refractivity contribution in [2.45, 2.75) is 11.8 Å². The summed E-state index contributed by atoms with van der Waals surface area (Å²) in [6.07, 6.45) is 0. The lowest BCUT2D eigenvalue weighted by molar-refractivity contribution is -0.139. The average molecular weight is 430 g/mol. The first-order valence-corrected chi connectivity index (χ1v) is 9.88. The average Bonchev–Trinajstić information content (AvgIpc) is 2.72. The van der Waals surface area contributed by atoms with E-state index in [0.717, 1.165) is 23.8 Å². The zero-order valence-electron chi connectivity index (χ0n) is 15.7. The fourth-order valence-corrected chi connectivity index (χ4v) is 3.72. The van der Waals surface area contributed by atoms with Crippen LogP contribution in [0.3, 0.4) is 0 Å². The Balaban J connectivity index is 1.93. The number of aliphatic carboxylic acids is 1. The van der Waals surface area contributed by atoms with Gasteiger partial charge in [-0.2, -0.15) is 0 Å². The molecule has 5 nitrogen and oxygen atoms in total. The van der Waals surface area contributed by atoms with Crippen molar-refractivity contribution in [2.75, 3.05) is 6.61 Å². The highest BCUT2D eigenvalue weighted by molar-refractivity contribution is 8.00. The van der Waals surface area contributed by atoms with Crippen molar-refractivity contribution in [1.29, 1.82) is 0 Å². The highest BCUT2D eigenvalue weighted by Gasteiger charge is 2.20. The number of aryl methyl sites for hydroxylation is 1. The highest BCUT2D eigenvalue weighted by Crippen LogP contribution is 2.34. The quantitative estimate of drug-likeness (QED) is 0.629. The molecule has 8 heteroatoms. The van der Waals surface area contributed by atoms with Crippen LogP contribution in [0, 0.1) is 18.6 Å². The van der Waals surface area contributed by atoms with Crippen LogP contribution in [0.5, 0.6) is 5.75 Å². The monoisotopic (exact) mass is 430 g/mol. The van der Waals surface area contributed by atoms with Gasteiger partial charge >= 0.3 is 5.97 Å². The minimum atomic E-state index is -2.19. The molecule has 3 aromatic carbocycles. The summed E-state index contributed by atoms with van der Waals surface area (Å²) in [4.78, 5) is 23.1. The van der Waals surface area contributed by atoms with Crippen LogP contribution in [-0.4, -0.2) is 27.0 Å². The number of halogens is 2. The number of hydrogen-bond donors (Lipinski definition) is 1. The number of ether oxygens (including phenoxy) is 1. The fraction of sp³-hybridized carbons (Fsp3) is 0.0909. The molecule has 0 aliphatic rings. The zero-order chi connectivity index (χ0) is 21.8. The maximum atomic E-state index is 14.9. The molecule has 0 fully saturated rings. The third kappa shape index (κ3) is 4.77. The largest absolute Gasteiger partial charge is 0.481 e. The summed E-state index contributed by atoms with van der Waals surface area (Å²) in [5, 5.41) is 8.04. The van der Waals surface area contributed by atoms with Gasteiger partial charge in [-0.25, -0.2) is 17.8 Å². The first-order valence-electron chi connectivity index (χ1n) is 8.73. The van der Waals surface area contributed by atoms with Crippen molar-refractivity contribution >= 4 is 21.9 Å². The molecule has 154 valence electrons. The fourth-order valence-electron chi connectivity index (χ4n) is 2.75. The lowest BCUT2D eigenvalue weighted by atomic mass is 10.0. The number of carbonyl (C=O) groups excluding carboxylic acids is 1. The Bertz CT molecular complexity index is 1140. The molecular weight excluding hydrogens is 414 g/mol. The maximum Gasteiger partial charge on any atom is 0.341 e. The second kappa shape index (κ2) is 8.96. The molecule has 3 rings (SSSR count). The Kier molecular flexibility index (Phi) is 6.37. The summed E-state index contributed by atoms with van der Waals surface area (Å²) in [7, 11) is -2.19. The Hall–Kier alpha value is -3.39. The van der Waals surface area contributed by atoms with Crippen LogP contribution in [0.4, 0.5) is 8.78 Å².